The molecule has 4 heteroatoms. The number of aryl methyl sites for hydroxylation is 2. The maximum absolute atomic E-state index is 13.1. The molecule has 2 rings (SSSR count). The van der Waals surface area contributed by atoms with Crippen LogP contribution in [0.15, 0.2) is 42.5 Å². The van der Waals surface area contributed by atoms with Crippen molar-refractivity contribution in [1.29, 1.82) is 0 Å². The van der Waals surface area contributed by atoms with Gasteiger partial charge in [0.05, 0.1) is 0 Å². The molecule has 0 aromatic heterocycles. The van der Waals surface area contributed by atoms with Crippen LogP contribution in [0.1, 0.15) is 45.7 Å². The number of carbonyl (C=O) groups excluding carboxylic acids is 2. The van der Waals surface area contributed by atoms with Crippen molar-refractivity contribution in [3.63, 3.8) is 0 Å². The van der Waals surface area contributed by atoms with E-state index in [0.29, 0.717) is 24.2 Å². The highest BCUT2D eigenvalue weighted by Gasteiger charge is 2.19. The second kappa shape index (κ2) is 7.97. The molecular weight excluding hydrogens is 312 g/mol. The molecule has 0 N–H and O–H groups in total. The Kier molecular flexibility index (Phi) is 5.97. The van der Waals surface area contributed by atoms with Crippen molar-refractivity contribution in [2.45, 2.75) is 27.7 Å². The molecule has 2 amide bonds. The van der Waals surface area contributed by atoms with Gasteiger partial charge in [0.25, 0.3) is 11.8 Å². The zero-order chi connectivity index (χ0) is 18.6. The van der Waals surface area contributed by atoms with Crippen LogP contribution in [-0.4, -0.2) is 36.9 Å². The zero-order valence-electron chi connectivity index (χ0n) is 15.7. The molecule has 0 aliphatic rings. The Bertz CT molecular complexity index is 783. The molecule has 0 radical (unpaired) electrons. The topological polar surface area (TPSA) is 40.6 Å². The maximum Gasteiger partial charge on any atom is 0.258 e. The van der Waals surface area contributed by atoms with Crippen LogP contribution in [0.5, 0.6) is 0 Å². The standard InChI is InChI=1S/C21H26N2O2/c1-6-22(5)20(24)17-9-8-10-18(14-17)21(25)23(7-2)19-13-15(3)11-12-16(19)4/h8-14H,6-7H2,1-5H3. The number of nitrogens with zero attached hydrogens (tertiary/aromatic N) is 2. The molecule has 0 saturated heterocycles. The van der Waals surface area contributed by atoms with Gasteiger partial charge in [-0.25, -0.2) is 0 Å². The quantitative estimate of drug-likeness (QED) is 0.825. The third-order valence-corrected chi connectivity index (χ3v) is 4.39. The molecule has 132 valence electrons. The van der Waals surface area contributed by atoms with Crippen LogP contribution in [0.2, 0.25) is 0 Å². The van der Waals surface area contributed by atoms with E-state index in [2.05, 4.69) is 0 Å². The first-order valence-electron chi connectivity index (χ1n) is 8.63. The van der Waals surface area contributed by atoms with Crippen LogP contribution in [0.4, 0.5) is 5.69 Å². The molecule has 0 fully saturated rings. The fourth-order valence-corrected chi connectivity index (χ4v) is 2.74. The van der Waals surface area contributed by atoms with E-state index in [9.17, 15) is 9.59 Å². The van der Waals surface area contributed by atoms with Gasteiger partial charge in [-0.15, -0.1) is 0 Å². The van der Waals surface area contributed by atoms with Gasteiger partial charge in [0.15, 0.2) is 0 Å². The summed E-state index contributed by atoms with van der Waals surface area (Å²) in [5.74, 6) is -0.170. The lowest BCUT2D eigenvalue weighted by molar-refractivity contribution is 0.0802. The summed E-state index contributed by atoms with van der Waals surface area (Å²) in [5.41, 5.74) is 4.14. The van der Waals surface area contributed by atoms with Gasteiger partial charge in [0.2, 0.25) is 0 Å². The Hall–Kier alpha value is -2.62. The lowest BCUT2D eigenvalue weighted by Crippen LogP contribution is -2.32. The third-order valence-electron chi connectivity index (χ3n) is 4.39. The van der Waals surface area contributed by atoms with Crippen molar-refractivity contribution in [1.82, 2.24) is 4.90 Å². The average Bonchev–Trinajstić information content (AvgIpc) is 2.63. The van der Waals surface area contributed by atoms with Gasteiger partial charge in [-0.1, -0.05) is 18.2 Å². The highest BCUT2D eigenvalue weighted by molar-refractivity contribution is 6.08. The van der Waals surface area contributed by atoms with Crippen LogP contribution in [-0.2, 0) is 0 Å². The van der Waals surface area contributed by atoms with E-state index in [1.165, 1.54) is 0 Å². The minimum atomic E-state index is -0.0926. The monoisotopic (exact) mass is 338 g/mol. The van der Waals surface area contributed by atoms with Crippen LogP contribution in [0.3, 0.4) is 0 Å². The van der Waals surface area contributed by atoms with Gasteiger partial charge in [-0.3, -0.25) is 9.59 Å². The largest absolute Gasteiger partial charge is 0.342 e. The summed E-state index contributed by atoms with van der Waals surface area (Å²) >= 11 is 0. The summed E-state index contributed by atoms with van der Waals surface area (Å²) in [4.78, 5) is 28.8. The van der Waals surface area contributed by atoms with Gasteiger partial charge in [0.1, 0.15) is 0 Å². The van der Waals surface area contributed by atoms with Crippen molar-refractivity contribution >= 4 is 17.5 Å². The Labute approximate surface area is 150 Å². The summed E-state index contributed by atoms with van der Waals surface area (Å²) in [6, 6.07) is 13.0. The SMILES string of the molecule is CCN(C)C(=O)c1cccc(C(=O)N(CC)c2cc(C)ccc2C)c1. The lowest BCUT2D eigenvalue weighted by atomic mass is 10.1. The number of hydrogen-bond acceptors (Lipinski definition) is 2. The van der Waals surface area contributed by atoms with Crippen molar-refractivity contribution < 1.29 is 9.59 Å². The molecule has 0 bridgehead atoms. The summed E-state index contributed by atoms with van der Waals surface area (Å²) in [6.45, 7) is 9.09. The molecule has 0 spiro atoms. The predicted molar refractivity (Wildman–Crippen MR) is 102 cm³/mol. The van der Waals surface area contributed by atoms with E-state index >= 15 is 0 Å². The first-order chi connectivity index (χ1) is 11.9. The van der Waals surface area contributed by atoms with Gasteiger partial charge < -0.3 is 9.80 Å². The zero-order valence-corrected chi connectivity index (χ0v) is 15.7. The molecule has 0 atom stereocenters. The highest BCUT2D eigenvalue weighted by atomic mass is 16.2. The second-order valence-electron chi connectivity index (χ2n) is 6.24. The van der Waals surface area contributed by atoms with E-state index in [1.54, 1.807) is 41.1 Å². The van der Waals surface area contributed by atoms with E-state index < -0.39 is 0 Å². The fourth-order valence-electron chi connectivity index (χ4n) is 2.74. The molecule has 2 aromatic carbocycles. The molecule has 0 aliphatic heterocycles. The molecule has 0 heterocycles. The Balaban J connectivity index is 2.38. The lowest BCUT2D eigenvalue weighted by Gasteiger charge is -2.24. The second-order valence-corrected chi connectivity index (χ2v) is 6.24. The van der Waals surface area contributed by atoms with Crippen LogP contribution in [0.25, 0.3) is 0 Å². The Morgan fingerprint density at radius 3 is 2.12 bits per heavy atom. The number of amides is 2. The average molecular weight is 338 g/mol. The smallest absolute Gasteiger partial charge is 0.258 e. The highest BCUT2D eigenvalue weighted by Crippen LogP contribution is 2.23. The molecule has 0 unspecified atom stereocenters. The summed E-state index contributed by atoms with van der Waals surface area (Å²) in [7, 11) is 1.76. The van der Waals surface area contributed by atoms with Crippen LogP contribution in [0, 0.1) is 13.8 Å². The van der Waals surface area contributed by atoms with Crippen molar-refractivity contribution in [2.24, 2.45) is 0 Å². The molecule has 2 aromatic rings. The number of benzene rings is 2. The number of hydrogen-bond donors (Lipinski definition) is 0. The van der Waals surface area contributed by atoms with Crippen LogP contribution < -0.4 is 4.90 Å². The first kappa shape index (κ1) is 18.7. The van der Waals surface area contributed by atoms with Gasteiger partial charge in [-0.2, -0.15) is 0 Å². The number of carbonyl (C=O) groups is 2. The maximum atomic E-state index is 13.1. The molecule has 0 saturated carbocycles. The van der Waals surface area contributed by atoms with Crippen LogP contribution >= 0.6 is 0 Å². The predicted octanol–water partition coefficient (Wildman–Crippen LogP) is 4.06. The first-order valence-corrected chi connectivity index (χ1v) is 8.63. The third kappa shape index (κ3) is 4.08. The van der Waals surface area contributed by atoms with Crippen molar-refractivity contribution in [3.05, 3.63) is 64.7 Å². The number of rotatable bonds is 5. The van der Waals surface area contributed by atoms with E-state index in [0.717, 1.165) is 16.8 Å². The molecule has 4 nitrogen and oxygen atoms in total. The number of anilines is 1. The van der Waals surface area contributed by atoms with E-state index in [-0.39, 0.29) is 11.8 Å². The fraction of sp³-hybridized carbons (Fsp3) is 0.333. The summed E-state index contributed by atoms with van der Waals surface area (Å²) in [6.07, 6.45) is 0. The van der Waals surface area contributed by atoms with Gasteiger partial charge in [0, 0.05) is 37.0 Å². The summed E-state index contributed by atoms with van der Waals surface area (Å²) in [5, 5.41) is 0. The van der Waals surface area contributed by atoms with Crippen molar-refractivity contribution in [3.8, 4) is 0 Å². The minimum Gasteiger partial charge on any atom is -0.342 e. The van der Waals surface area contributed by atoms with Gasteiger partial charge >= 0.3 is 0 Å². The molecule has 25 heavy (non-hydrogen) atoms. The minimum absolute atomic E-state index is 0.0769. The molecule has 0 aliphatic carbocycles. The molecular formula is C21H26N2O2. The van der Waals surface area contributed by atoms with E-state index in [4.69, 9.17) is 0 Å². The normalized spacial score (nSPS) is 10.4. The Morgan fingerprint density at radius 2 is 1.52 bits per heavy atom. The summed E-state index contributed by atoms with van der Waals surface area (Å²) < 4.78 is 0. The Morgan fingerprint density at radius 1 is 0.880 bits per heavy atom. The van der Waals surface area contributed by atoms with E-state index in [1.807, 2.05) is 45.9 Å². The van der Waals surface area contributed by atoms with Crippen molar-refractivity contribution in [2.75, 3.05) is 25.0 Å². The van der Waals surface area contributed by atoms with Gasteiger partial charge in [-0.05, 0) is 63.1 Å².